The van der Waals surface area contributed by atoms with Gasteiger partial charge in [0.1, 0.15) is 5.78 Å². The van der Waals surface area contributed by atoms with Crippen LogP contribution in [0.2, 0.25) is 0 Å². The predicted octanol–water partition coefficient (Wildman–Crippen LogP) is 4.83. The van der Waals surface area contributed by atoms with E-state index in [1.165, 1.54) is 0 Å². The van der Waals surface area contributed by atoms with E-state index in [1.54, 1.807) is 34.1 Å². The third kappa shape index (κ3) is 6.47. The maximum absolute atomic E-state index is 13.2. The average molecular weight is 487 g/mol. The minimum Gasteiger partial charge on any atom is -0.338 e. The fourth-order valence-electron chi connectivity index (χ4n) is 4.70. The van der Waals surface area contributed by atoms with Crippen LogP contribution in [0.3, 0.4) is 0 Å². The molecular weight excluding hydrogens is 452 g/mol. The zero-order valence-electron chi connectivity index (χ0n) is 21.2. The second-order valence-corrected chi connectivity index (χ2v) is 10.1. The number of amides is 2. The Labute approximate surface area is 212 Å². The lowest BCUT2D eigenvalue weighted by Gasteiger charge is -2.32. The van der Waals surface area contributed by atoms with Gasteiger partial charge in [-0.25, -0.2) is 4.68 Å². The van der Waals surface area contributed by atoms with Crippen LogP contribution in [0.15, 0.2) is 60.9 Å². The Morgan fingerprint density at radius 1 is 1.11 bits per heavy atom. The van der Waals surface area contributed by atoms with Gasteiger partial charge in [-0.2, -0.15) is 5.10 Å². The summed E-state index contributed by atoms with van der Waals surface area (Å²) in [6, 6.07) is 15.2. The molecule has 36 heavy (non-hydrogen) atoms. The highest BCUT2D eigenvalue weighted by Crippen LogP contribution is 2.23. The Bertz CT molecular complexity index is 1250. The minimum absolute atomic E-state index is 0.0715. The number of Topliss-reactive ketones (excluding diaryl/α,β-unsaturated/α-hetero) is 1. The van der Waals surface area contributed by atoms with Crippen molar-refractivity contribution in [1.29, 1.82) is 0 Å². The average Bonchev–Trinajstić information content (AvgIpc) is 3.31. The van der Waals surface area contributed by atoms with Crippen molar-refractivity contribution in [3.63, 3.8) is 0 Å². The molecule has 4 rings (SSSR count). The van der Waals surface area contributed by atoms with Gasteiger partial charge >= 0.3 is 0 Å². The molecule has 1 aliphatic rings. The van der Waals surface area contributed by atoms with E-state index in [0.29, 0.717) is 36.7 Å². The molecule has 7 heteroatoms. The van der Waals surface area contributed by atoms with Crippen molar-refractivity contribution in [2.75, 3.05) is 18.4 Å². The van der Waals surface area contributed by atoms with Gasteiger partial charge in [0, 0.05) is 31.0 Å². The van der Waals surface area contributed by atoms with Gasteiger partial charge in [-0.3, -0.25) is 14.4 Å². The summed E-state index contributed by atoms with van der Waals surface area (Å²) in [5.41, 5.74) is 3.95. The van der Waals surface area contributed by atoms with E-state index in [0.717, 1.165) is 29.7 Å². The Morgan fingerprint density at radius 3 is 2.69 bits per heavy atom. The molecule has 2 heterocycles. The van der Waals surface area contributed by atoms with Crippen LogP contribution in [-0.4, -0.2) is 45.4 Å². The first-order valence-corrected chi connectivity index (χ1v) is 12.6. The SMILES string of the molecule is Cc1cccc(CC(=O)Nc2cnn(-c3cccc(C(=O)N4CCCC(C(=O)CC(C)C)C4)c3)c2)c1. The summed E-state index contributed by atoms with van der Waals surface area (Å²) in [6.07, 6.45) is 5.86. The molecule has 1 unspecified atom stereocenters. The van der Waals surface area contributed by atoms with Gasteiger partial charge in [0.05, 0.1) is 30.2 Å². The monoisotopic (exact) mass is 486 g/mol. The molecule has 0 bridgehead atoms. The number of aromatic nitrogens is 2. The van der Waals surface area contributed by atoms with Crippen LogP contribution in [0, 0.1) is 18.8 Å². The summed E-state index contributed by atoms with van der Waals surface area (Å²) in [4.78, 5) is 40.1. The Kier molecular flexibility index (Phi) is 7.98. The second-order valence-electron chi connectivity index (χ2n) is 10.1. The van der Waals surface area contributed by atoms with Crippen LogP contribution >= 0.6 is 0 Å². The number of carbonyl (C=O) groups is 3. The van der Waals surface area contributed by atoms with E-state index in [2.05, 4.69) is 10.4 Å². The molecule has 3 aromatic rings. The zero-order chi connectivity index (χ0) is 25.7. The molecule has 1 saturated heterocycles. The molecule has 1 N–H and O–H groups in total. The Morgan fingerprint density at radius 2 is 1.92 bits per heavy atom. The van der Waals surface area contributed by atoms with Crippen molar-refractivity contribution in [1.82, 2.24) is 14.7 Å². The topological polar surface area (TPSA) is 84.3 Å². The summed E-state index contributed by atoms with van der Waals surface area (Å²) in [7, 11) is 0. The van der Waals surface area contributed by atoms with E-state index in [9.17, 15) is 14.4 Å². The van der Waals surface area contributed by atoms with Gasteiger partial charge in [0.25, 0.3) is 5.91 Å². The number of nitrogens with zero attached hydrogens (tertiary/aromatic N) is 3. The largest absolute Gasteiger partial charge is 0.338 e. The summed E-state index contributed by atoms with van der Waals surface area (Å²) >= 11 is 0. The molecule has 0 saturated carbocycles. The van der Waals surface area contributed by atoms with Gasteiger partial charge in [-0.1, -0.05) is 49.7 Å². The maximum atomic E-state index is 13.2. The van der Waals surface area contributed by atoms with Crippen LogP contribution < -0.4 is 5.32 Å². The smallest absolute Gasteiger partial charge is 0.253 e. The van der Waals surface area contributed by atoms with E-state index in [-0.39, 0.29) is 29.9 Å². The number of benzene rings is 2. The number of carbonyl (C=O) groups excluding carboxylic acids is 3. The molecule has 1 atom stereocenters. The van der Waals surface area contributed by atoms with Crippen molar-refractivity contribution in [2.24, 2.45) is 11.8 Å². The zero-order valence-corrected chi connectivity index (χ0v) is 21.2. The van der Waals surface area contributed by atoms with Gasteiger partial charge in [0.15, 0.2) is 0 Å². The summed E-state index contributed by atoms with van der Waals surface area (Å²) in [5.74, 6) is 0.315. The number of hydrogen-bond donors (Lipinski definition) is 1. The first-order valence-electron chi connectivity index (χ1n) is 12.6. The fraction of sp³-hybridized carbons (Fsp3) is 0.379. The number of rotatable bonds is 8. The second kappa shape index (κ2) is 11.3. The van der Waals surface area contributed by atoms with Crippen LogP contribution in [0.5, 0.6) is 0 Å². The number of nitrogens with one attached hydrogen (secondary N) is 1. The number of piperidine rings is 1. The Balaban J connectivity index is 1.40. The lowest BCUT2D eigenvalue weighted by molar-refractivity contribution is -0.124. The van der Waals surface area contributed by atoms with Gasteiger partial charge in [0.2, 0.25) is 5.91 Å². The molecule has 7 nitrogen and oxygen atoms in total. The standard InChI is InChI=1S/C29H34N4O3/c1-20(2)13-27(34)24-10-6-12-32(18-24)29(36)23-9-5-11-26(16-23)33-19-25(17-30-33)31-28(35)15-22-8-4-7-21(3)14-22/h4-5,7-9,11,14,16-17,19-20,24H,6,10,12-13,15,18H2,1-3H3,(H,31,35). The highest BCUT2D eigenvalue weighted by atomic mass is 16.2. The van der Waals surface area contributed by atoms with E-state index in [4.69, 9.17) is 0 Å². The minimum atomic E-state index is -0.115. The molecule has 188 valence electrons. The molecule has 1 aliphatic heterocycles. The molecule has 1 aromatic heterocycles. The number of likely N-dealkylation sites (tertiary alicyclic amines) is 1. The first kappa shape index (κ1) is 25.4. The number of hydrogen-bond acceptors (Lipinski definition) is 4. The highest BCUT2D eigenvalue weighted by Gasteiger charge is 2.29. The molecule has 2 amide bonds. The van der Waals surface area contributed by atoms with Gasteiger partial charge in [-0.15, -0.1) is 0 Å². The third-order valence-corrected chi connectivity index (χ3v) is 6.44. The van der Waals surface area contributed by atoms with Crippen molar-refractivity contribution >= 4 is 23.3 Å². The molecule has 2 aromatic carbocycles. The lowest BCUT2D eigenvalue weighted by atomic mass is 9.89. The first-order chi connectivity index (χ1) is 17.3. The van der Waals surface area contributed by atoms with Crippen molar-refractivity contribution in [3.05, 3.63) is 77.6 Å². The number of anilines is 1. The summed E-state index contributed by atoms with van der Waals surface area (Å²) in [5, 5.41) is 7.26. The maximum Gasteiger partial charge on any atom is 0.253 e. The molecule has 0 aliphatic carbocycles. The lowest BCUT2D eigenvalue weighted by Crippen LogP contribution is -2.42. The predicted molar refractivity (Wildman–Crippen MR) is 140 cm³/mol. The summed E-state index contributed by atoms with van der Waals surface area (Å²) in [6.45, 7) is 7.23. The number of aryl methyl sites for hydroxylation is 1. The third-order valence-electron chi connectivity index (χ3n) is 6.44. The molecule has 0 spiro atoms. The van der Waals surface area contributed by atoms with Crippen LogP contribution in [0.25, 0.3) is 5.69 Å². The van der Waals surface area contributed by atoms with Crippen molar-refractivity contribution in [2.45, 2.75) is 46.5 Å². The van der Waals surface area contributed by atoms with Crippen molar-refractivity contribution in [3.8, 4) is 5.69 Å². The summed E-state index contributed by atoms with van der Waals surface area (Å²) < 4.78 is 1.64. The number of ketones is 1. The highest BCUT2D eigenvalue weighted by molar-refractivity contribution is 5.95. The van der Waals surface area contributed by atoms with Gasteiger partial charge in [-0.05, 0) is 49.4 Å². The van der Waals surface area contributed by atoms with E-state index >= 15 is 0 Å². The van der Waals surface area contributed by atoms with Crippen LogP contribution in [0.1, 0.15) is 54.6 Å². The van der Waals surface area contributed by atoms with E-state index < -0.39 is 0 Å². The van der Waals surface area contributed by atoms with Crippen LogP contribution in [-0.2, 0) is 16.0 Å². The van der Waals surface area contributed by atoms with Crippen LogP contribution in [0.4, 0.5) is 5.69 Å². The fourth-order valence-corrected chi connectivity index (χ4v) is 4.70. The quantitative estimate of drug-likeness (QED) is 0.494. The molecular formula is C29H34N4O3. The molecule has 1 fully saturated rings. The van der Waals surface area contributed by atoms with Crippen molar-refractivity contribution < 1.29 is 14.4 Å². The molecule has 0 radical (unpaired) electrons. The van der Waals surface area contributed by atoms with Gasteiger partial charge < -0.3 is 10.2 Å². The normalized spacial score (nSPS) is 15.7. The van der Waals surface area contributed by atoms with E-state index in [1.807, 2.05) is 57.2 Å². The Hall–Kier alpha value is -3.74.